The summed E-state index contributed by atoms with van der Waals surface area (Å²) < 4.78 is 0. The lowest BCUT2D eigenvalue weighted by atomic mass is 10.1. The second-order valence-electron chi connectivity index (χ2n) is 4.99. The zero-order valence-electron chi connectivity index (χ0n) is 11.7. The molecule has 21 heavy (non-hydrogen) atoms. The molecule has 2 N–H and O–H groups in total. The number of carbonyl (C=O) groups is 2. The Morgan fingerprint density at radius 3 is 2.67 bits per heavy atom. The molecule has 1 amide bonds. The lowest BCUT2D eigenvalue weighted by molar-refractivity contribution is -0.131. The van der Waals surface area contributed by atoms with E-state index in [4.69, 9.17) is 5.11 Å². The Morgan fingerprint density at radius 2 is 2.05 bits per heavy atom. The summed E-state index contributed by atoms with van der Waals surface area (Å²) in [7, 11) is 0. The fraction of sp³-hybridized carbons (Fsp3) is 0.375. The van der Waals surface area contributed by atoms with Crippen LogP contribution >= 0.6 is 11.8 Å². The van der Waals surface area contributed by atoms with Gasteiger partial charge in [-0.05, 0) is 35.8 Å². The number of amides is 1. The van der Waals surface area contributed by atoms with Crippen LogP contribution in [0, 0.1) is 0 Å². The SMILES string of the molecule is O=C(O)/C=C/c1ccc(CNC(=O)C2CCCCS2)cc1. The van der Waals surface area contributed by atoms with Crippen LogP contribution in [0.15, 0.2) is 30.3 Å². The molecule has 0 radical (unpaired) electrons. The molecule has 1 aromatic rings. The van der Waals surface area contributed by atoms with Crippen LogP contribution in [-0.4, -0.2) is 28.0 Å². The van der Waals surface area contributed by atoms with Gasteiger partial charge in [0.1, 0.15) is 0 Å². The Morgan fingerprint density at radius 1 is 1.29 bits per heavy atom. The minimum absolute atomic E-state index is 0.0940. The van der Waals surface area contributed by atoms with Crippen LogP contribution in [0.25, 0.3) is 6.08 Å². The maximum absolute atomic E-state index is 12.0. The molecular formula is C16H19NO3S. The first-order valence-corrected chi connectivity index (χ1v) is 8.09. The van der Waals surface area contributed by atoms with Gasteiger partial charge >= 0.3 is 5.97 Å². The number of rotatable bonds is 5. The zero-order valence-corrected chi connectivity index (χ0v) is 12.6. The minimum Gasteiger partial charge on any atom is -0.478 e. The molecule has 0 aromatic heterocycles. The maximum Gasteiger partial charge on any atom is 0.328 e. The first-order chi connectivity index (χ1) is 10.1. The third kappa shape index (κ3) is 5.27. The van der Waals surface area contributed by atoms with Gasteiger partial charge < -0.3 is 10.4 Å². The van der Waals surface area contributed by atoms with E-state index in [0.29, 0.717) is 6.54 Å². The van der Waals surface area contributed by atoms with Gasteiger partial charge in [-0.15, -0.1) is 11.8 Å². The minimum atomic E-state index is -0.962. The van der Waals surface area contributed by atoms with Crippen molar-refractivity contribution in [3.8, 4) is 0 Å². The van der Waals surface area contributed by atoms with Crippen molar-refractivity contribution >= 4 is 29.7 Å². The maximum atomic E-state index is 12.0. The third-order valence-corrected chi connectivity index (χ3v) is 4.71. The molecule has 1 aliphatic rings. The predicted octanol–water partition coefficient (Wildman–Crippen LogP) is 2.69. The Hall–Kier alpha value is -1.75. The molecule has 1 aliphatic heterocycles. The fourth-order valence-electron chi connectivity index (χ4n) is 2.16. The Labute approximate surface area is 128 Å². The molecule has 4 nitrogen and oxygen atoms in total. The molecule has 1 aromatic carbocycles. The standard InChI is InChI=1S/C16H19NO3S/c18-15(19)9-8-12-4-6-13(7-5-12)11-17-16(20)14-3-1-2-10-21-14/h4-9,14H,1-3,10-11H2,(H,17,20)(H,18,19)/b9-8+. The Balaban J connectivity index is 1.83. The molecule has 0 spiro atoms. The van der Waals surface area contributed by atoms with Crippen molar-refractivity contribution in [1.82, 2.24) is 5.32 Å². The monoisotopic (exact) mass is 305 g/mol. The van der Waals surface area contributed by atoms with Gasteiger partial charge in [0.25, 0.3) is 0 Å². The summed E-state index contributed by atoms with van der Waals surface area (Å²) in [5.74, 6) is 0.230. The molecule has 2 rings (SSSR count). The number of hydrogen-bond acceptors (Lipinski definition) is 3. The largest absolute Gasteiger partial charge is 0.478 e. The Bertz CT molecular complexity index is 519. The van der Waals surface area contributed by atoms with Crippen molar-refractivity contribution in [2.45, 2.75) is 31.1 Å². The summed E-state index contributed by atoms with van der Waals surface area (Å²) in [6.45, 7) is 0.513. The number of thioether (sulfide) groups is 1. The highest BCUT2D eigenvalue weighted by Gasteiger charge is 2.21. The molecule has 0 aliphatic carbocycles. The molecule has 1 fully saturated rings. The summed E-state index contributed by atoms with van der Waals surface area (Å²) >= 11 is 1.74. The van der Waals surface area contributed by atoms with Crippen molar-refractivity contribution in [1.29, 1.82) is 0 Å². The van der Waals surface area contributed by atoms with Crippen LogP contribution in [0.2, 0.25) is 0 Å². The highest BCUT2D eigenvalue weighted by molar-refractivity contribution is 8.00. The van der Waals surface area contributed by atoms with Gasteiger partial charge in [-0.2, -0.15) is 0 Å². The number of carboxylic acid groups (broad SMARTS) is 1. The summed E-state index contributed by atoms with van der Waals surface area (Å²) in [4.78, 5) is 22.4. The van der Waals surface area contributed by atoms with E-state index in [9.17, 15) is 9.59 Å². The predicted molar refractivity (Wildman–Crippen MR) is 85.1 cm³/mol. The molecular weight excluding hydrogens is 286 g/mol. The van der Waals surface area contributed by atoms with Crippen LogP contribution in [0.3, 0.4) is 0 Å². The van der Waals surface area contributed by atoms with E-state index in [2.05, 4.69) is 5.32 Å². The molecule has 1 saturated heterocycles. The van der Waals surface area contributed by atoms with Crippen LogP contribution in [0.1, 0.15) is 30.4 Å². The summed E-state index contributed by atoms with van der Waals surface area (Å²) in [6.07, 6.45) is 5.96. The number of carbonyl (C=O) groups excluding carboxylic acids is 1. The van der Waals surface area contributed by atoms with E-state index < -0.39 is 5.97 Å². The first-order valence-electron chi connectivity index (χ1n) is 7.04. The van der Waals surface area contributed by atoms with Gasteiger partial charge in [0.05, 0.1) is 5.25 Å². The number of aliphatic carboxylic acids is 1. The van der Waals surface area contributed by atoms with Crippen molar-refractivity contribution in [2.75, 3.05) is 5.75 Å². The fourth-order valence-corrected chi connectivity index (χ4v) is 3.39. The van der Waals surface area contributed by atoms with Crippen molar-refractivity contribution in [2.24, 2.45) is 0 Å². The molecule has 0 saturated carbocycles. The molecule has 1 unspecified atom stereocenters. The van der Waals surface area contributed by atoms with Crippen LogP contribution in [0.4, 0.5) is 0 Å². The molecule has 5 heteroatoms. The highest BCUT2D eigenvalue weighted by atomic mass is 32.2. The number of carboxylic acids is 1. The van der Waals surface area contributed by atoms with E-state index in [1.54, 1.807) is 17.8 Å². The van der Waals surface area contributed by atoms with Gasteiger partial charge in [0.15, 0.2) is 0 Å². The summed E-state index contributed by atoms with van der Waals surface area (Å²) in [5.41, 5.74) is 1.84. The second kappa shape index (κ2) is 7.88. The van der Waals surface area contributed by atoms with E-state index in [0.717, 1.165) is 35.8 Å². The van der Waals surface area contributed by atoms with Crippen LogP contribution < -0.4 is 5.32 Å². The molecule has 0 bridgehead atoms. The number of benzene rings is 1. The third-order valence-electron chi connectivity index (χ3n) is 3.34. The zero-order chi connectivity index (χ0) is 15.1. The average molecular weight is 305 g/mol. The van der Waals surface area contributed by atoms with Crippen molar-refractivity contribution in [3.63, 3.8) is 0 Å². The van der Waals surface area contributed by atoms with E-state index in [1.807, 2.05) is 24.3 Å². The van der Waals surface area contributed by atoms with Gasteiger partial charge in [-0.1, -0.05) is 30.7 Å². The lowest BCUT2D eigenvalue weighted by Crippen LogP contribution is -2.33. The molecule has 1 heterocycles. The summed E-state index contributed by atoms with van der Waals surface area (Å²) in [5, 5.41) is 11.6. The van der Waals surface area contributed by atoms with Gasteiger partial charge in [0.2, 0.25) is 5.91 Å². The molecule has 112 valence electrons. The van der Waals surface area contributed by atoms with Crippen LogP contribution in [-0.2, 0) is 16.1 Å². The van der Waals surface area contributed by atoms with Gasteiger partial charge in [0, 0.05) is 12.6 Å². The lowest BCUT2D eigenvalue weighted by Gasteiger charge is -2.20. The number of nitrogens with one attached hydrogen (secondary N) is 1. The summed E-state index contributed by atoms with van der Waals surface area (Å²) in [6, 6.07) is 7.48. The van der Waals surface area contributed by atoms with Crippen molar-refractivity contribution in [3.05, 3.63) is 41.5 Å². The van der Waals surface area contributed by atoms with Gasteiger partial charge in [-0.3, -0.25) is 4.79 Å². The van der Waals surface area contributed by atoms with Crippen molar-refractivity contribution < 1.29 is 14.7 Å². The normalized spacial score (nSPS) is 18.6. The molecule has 1 atom stereocenters. The smallest absolute Gasteiger partial charge is 0.328 e. The quantitative estimate of drug-likeness (QED) is 0.821. The van der Waals surface area contributed by atoms with E-state index in [-0.39, 0.29) is 11.2 Å². The van der Waals surface area contributed by atoms with Crippen LogP contribution in [0.5, 0.6) is 0 Å². The van der Waals surface area contributed by atoms with E-state index >= 15 is 0 Å². The highest BCUT2D eigenvalue weighted by Crippen LogP contribution is 2.25. The topological polar surface area (TPSA) is 66.4 Å². The van der Waals surface area contributed by atoms with E-state index in [1.165, 1.54) is 6.42 Å². The first kappa shape index (κ1) is 15.6. The van der Waals surface area contributed by atoms with Gasteiger partial charge in [-0.25, -0.2) is 4.79 Å². The second-order valence-corrected chi connectivity index (χ2v) is 6.30. The average Bonchev–Trinajstić information content (AvgIpc) is 2.52. The Kier molecular flexibility index (Phi) is 5.87. The number of hydrogen-bond donors (Lipinski definition) is 2.